The van der Waals surface area contributed by atoms with Crippen molar-refractivity contribution in [3.05, 3.63) is 23.8 Å². The van der Waals surface area contributed by atoms with Gasteiger partial charge in [0.2, 0.25) is 15.9 Å². The molecule has 6 nitrogen and oxygen atoms in total. The second kappa shape index (κ2) is 8.31. The van der Waals surface area contributed by atoms with Gasteiger partial charge in [-0.2, -0.15) is 0 Å². The number of anilines is 2. The Hall–Kier alpha value is -1.60. The molecule has 1 amide bonds. The Labute approximate surface area is 139 Å². The van der Waals surface area contributed by atoms with Crippen LogP contribution in [0.1, 0.15) is 32.8 Å². The van der Waals surface area contributed by atoms with Crippen molar-refractivity contribution in [1.29, 1.82) is 0 Å². The number of rotatable bonds is 8. The summed E-state index contributed by atoms with van der Waals surface area (Å²) in [5.41, 5.74) is 2.87. The second-order valence-corrected chi connectivity index (χ2v) is 7.60. The molecule has 0 aromatic heterocycles. The number of nitrogens with zero attached hydrogens (tertiary/aromatic N) is 1. The highest BCUT2D eigenvalue weighted by molar-refractivity contribution is 7.88. The number of aryl methyl sites for hydroxylation is 1. The number of nitrogens with one attached hydrogen (secondary N) is 2. The lowest BCUT2D eigenvalue weighted by Crippen LogP contribution is -2.36. The molecule has 0 aliphatic rings. The first kappa shape index (κ1) is 19.4. The monoisotopic (exact) mass is 341 g/mol. The van der Waals surface area contributed by atoms with Gasteiger partial charge in [-0.3, -0.25) is 4.79 Å². The Morgan fingerprint density at radius 3 is 2.48 bits per heavy atom. The maximum atomic E-state index is 11.2. The average Bonchev–Trinajstić information content (AvgIpc) is 2.40. The maximum Gasteiger partial charge on any atom is 0.221 e. The molecule has 0 saturated carbocycles. The molecule has 0 heterocycles. The first-order chi connectivity index (χ1) is 10.6. The van der Waals surface area contributed by atoms with Crippen LogP contribution in [0, 0.1) is 6.92 Å². The molecule has 23 heavy (non-hydrogen) atoms. The van der Waals surface area contributed by atoms with Crippen LogP contribution in [0.15, 0.2) is 18.2 Å². The molecule has 7 heteroatoms. The molecule has 130 valence electrons. The van der Waals surface area contributed by atoms with Gasteiger partial charge in [0, 0.05) is 37.4 Å². The molecular weight excluding hydrogens is 314 g/mol. The predicted molar refractivity (Wildman–Crippen MR) is 95.4 cm³/mol. The highest BCUT2D eigenvalue weighted by atomic mass is 32.2. The van der Waals surface area contributed by atoms with Crippen LogP contribution in [0.25, 0.3) is 0 Å². The largest absolute Gasteiger partial charge is 0.369 e. The van der Waals surface area contributed by atoms with E-state index in [0.29, 0.717) is 13.0 Å². The van der Waals surface area contributed by atoms with Crippen LogP contribution in [0.4, 0.5) is 11.4 Å². The summed E-state index contributed by atoms with van der Waals surface area (Å²) in [6.45, 7) is 8.82. The van der Waals surface area contributed by atoms with Gasteiger partial charge in [0.15, 0.2) is 0 Å². The number of amides is 1. The smallest absolute Gasteiger partial charge is 0.221 e. The van der Waals surface area contributed by atoms with Gasteiger partial charge in [-0.15, -0.1) is 0 Å². The zero-order valence-electron chi connectivity index (χ0n) is 14.5. The molecule has 0 fully saturated rings. The minimum Gasteiger partial charge on any atom is -0.369 e. The third-order valence-electron chi connectivity index (χ3n) is 3.65. The number of carbonyl (C=O) groups is 1. The summed E-state index contributed by atoms with van der Waals surface area (Å²) >= 11 is 0. The molecule has 0 aliphatic carbocycles. The Balaban J connectivity index is 2.80. The molecule has 1 aromatic carbocycles. The lowest BCUT2D eigenvalue weighted by Gasteiger charge is -2.31. The van der Waals surface area contributed by atoms with Crippen LogP contribution in [0.5, 0.6) is 0 Å². The van der Waals surface area contributed by atoms with E-state index in [4.69, 9.17) is 0 Å². The Morgan fingerprint density at radius 1 is 1.35 bits per heavy atom. The van der Waals surface area contributed by atoms with Crippen molar-refractivity contribution in [2.45, 2.75) is 40.2 Å². The van der Waals surface area contributed by atoms with Gasteiger partial charge in [0.05, 0.1) is 6.26 Å². The van der Waals surface area contributed by atoms with E-state index >= 15 is 0 Å². The minimum atomic E-state index is -3.15. The standard InChI is InChI=1S/C16H27N3O3S/c1-6-19(13(3)9-10-17-23(5,21)22)15-7-8-16(12(2)11-15)18-14(4)20/h7-8,11,13,17H,6,9-10H2,1-5H3,(H,18,20). The summed E-state index contributed by atoms with van der Waals surface area (Å²) in [5, 5.41) is 2.80. The van der Waals surface area contributed by atoms with Gasteiger partial charge in [-0.1, -0.05) is 0 Å². The van der Waals surface area contributed by atoms with Gasteiger partial charge < -0.3 is 10.2 Å². The molecule has 0 spiro atoms. The summed E-state index contributed by atoms with van der Waals surface area (Å²) in [7, 11) is -3.15. The molecule has 0 bridgehead atoms. The zero-order valence-corrected chi connectivity index (χ0v) is 15.3. The van der Waals surface area contributed by atoms with Gasteiger partial charge >= 0.3 is 0 Å². The Bertz CT molecular complexity index is 644. The van der Waals surface area contributed by atoms with Crippen molar-refractivity contribution in [3.8, 4) is 0 Å². The zero-order chi connectivity index (χ0) is 17.6. The summed E-state index contributed by atoms with van der Waals surface area (Å²) in [6.07, 6.45) is 1.88. The predicted octanol–water partition coefficient (Wildman–Crippen LogP) is 2.11. The van der Waals surface area contributed by atoms with E-state index in [0.717, 1.165) is 23.5 Å². The van der Waals surface area contributed by atoms with E-state index in [9.17, 15) is 13.2 Å². The molecular formula is C16H27N3O3S. The Kier molecular flexibility index (Phi) is 7.02. The molecule has 2 N–H and O–H groups in total. The van der Waals surface area contributed by atoms with Crippen LogP contribution >= 0.6 is 0 Å². The third kappa shape index (κ3) is 6.58. The van der Waals surface area contributed by atoms with Crippen molar-refractivity contribution >= 4 is 27.3 Å². The number of sulfonamides is 1. The molecule has 1 aromatic rings. The normalized spacial score (nSPS) is 12.7. The number of carbonyl (C=O) groups excluding carboxylic acids is 1. The van der Waals surface area contributed by atoms with E-state index in [1.165, 1.54) is 13.2 Å². The number of benzene rings is 1. The van der Waals surface area contributed by atoms with E-state index < -0.39 is 10.0 Å². The van der Waals surface area contributed by atoms with Crippen molar-refractivity contribution in [2.24, 2.45) is 0 Å². The number of hydrogen-bond acceptors (Lipinski definition) is 4. The van der Waals surface area contributed by atoms with Crippen LogP contribution in [0.2, 0.25) is 0 Å². The fourth-order valence-electron chi connectivity index (χ4n) is 2.51. The highest BCUT2D eigenvalue weighted by Crippen LogP contribution is 2.24. The second-order valence-electron chi connectivity index (χ2n) is 5.77. The average molecular weight is 341 g/mol. The lowest BCUT2D eigenvalue weighted by atomic mass is 10.1. The van der Waals surface area contributed by atoms with Gasteiger partial charge in [-0.25, -0.2) is 13.1 Å². The fourth-order valence-corrected chi connectivity index (χ4v) is 3.00. The summed E-state index contributed by atoms with van der Waals surface area (Å²) in [4.78, 5) is 13.4. The van der Waals surface area contributed by atoms with Crippen LogP contribution < -0.4 is 14.9 Å². The van der Waals surface area contributed by atoms with Gasteiger partial charge in [0.1, 0.15) is 0 Å². The van der Waals surface area contributed by atoms with Crippen molar-refractivity contribution < 1.29 is 13.2 Å². The summed E-state index contributed by atoms with van der Waals surface area (Å²) in [6, 6.07) is 6.11. The van der Waals surface area contributed by atoms with E-state index in [-0.39, 0.29) is 11.9 Å². The van der Waals surface area contributed by atoms with Crippen molar-refractivity contribution in [3.63, 3.8) is 0 Å². The quantitative estimate of drug-likeness (QED) is 0.759. The lowest BCUT2D eigenvalue weighted by molar-refractivity contribution is -0.114. The van der Waals surface area contributed by atoms with Gasteiger partial charge in [0.25, 0.3) is 0 Å². The van der Waals surface area contributed by atoms with Gasteiger partial charge in [-0.05, 0) is 51.0 Å². The Morgan fingerprint density at radius 2 is 2.00 bits per heavy atom. The molecule has 1 unspecified atom stereocenters. The topological polar surface area (TPSA) is 78.5 Å². The fraction of sp³-hybridized carbons (Fsp3) is 0.562. The molecule has 0 aliphatic heterocycles. The van der Waals surface area contributed by atoms with Crippen molar-refractivity contribution in [2.75, 3.05) is 29.6 Å². The highest BCUT2D eigenvalue weighted by Gasteiger charge is 2.14. The van der Waals surface area contributed by atoms with Crippen LogP contribution in [-0.2, 0) is 14.8 Å². The molecule has 1 atom stereocenters. The summed E-state index contributed by atoms with van der Waals surface area (Å²) in [5.74, 6) is -0.0894. The molecule has 1 rings (SSSR count). The first-order valence-corrected chi connectivity index (χ1v) is 9.62. The van der Waals surface area contributed by atoms with E-state index in [1.807, 2.05) is 25.1 Å². The van der Waals surface area contributed by atoms with E-state index in [1.54, 1.807) is 0 Å². The van der Waals surface area contributed by atoms with Crippen LogP contribution in [-0.4, -0.2) is 39.7 Å². The first-order valence-electron chi connectivity index (χ1n) is 7.73. The van der Waals surface area contributed by atoms with Crippen molar-refractivity contribution in [1.82, 2.24) is 4.72 Å². The molecule has 0 radical (unpaired) electrons. The molecule has 0 saturated heterocycles. The SMILES string of the molecule is CCN(c1ccc(NC(C)=O)c(C)c1)C(C)CCNS(C)(=O)=O. The third-order valence-corrected chi connectivity index (χ3v) is 4.38. The maximum absolute atomic E-state index is 11.2. The van der Waals surface area contributed by atoms with E-state index in [2.05, 4.69) is 28.8 Å². The minimum absolute atomic E-state index is 0.0894. The summed E-state index contributed by atoms with van der Waals surface area (Å²) < 4.78 is 24.8. The van der Waals surface area contributed by atoms with Crippen LogP contribution in [0.3, 0.4) is 0 Å². The number of hydrogen-bond donors (Lipinski definition) is 2.